The lowest BCUT2D eigenvalue weighted by molar-refractivity contribution is -0.0597. The molecule has 1 atom stereocenters. The Bertz CT molecular complexity index is 58.9. The standard InChI is InChI=1S/C5H10F2O2/c1-5(7)9-3-2-8-4-6/h5H,2-4H2,1H3. The van der Waals surface area contributed by atoms with Crippen LogP contribution in [0.4, 0.5) is 8.78 Å². The van der Waals surface area contributed by atoms with Crippen molar-refractivity contribution in [2.24, 2.45) is 0 Å². The summed E-state index contributed by atoms with van der Waals surface area (Å²) in [4.78, 5) is 0. The Balaban J connectivity index is 2.75. The molecule has 0 aliphatic carbocycles. The van der Waals surface area contributed by atoms with Crippen molar-refractivity contribution in [2.45, 2.75) is 13.3 Å². The lowest BCUT2D eigenvalue weighted by Crippen LogP contribution is -2.07. The van der Waals surface area contributed by atoms with E-state index in [9.17, 15) is 8.78 Å². The normalized spacial score (nSPS) is 13.7. The van der Waals surface area contributed by atoms with E-state index in [1.807, 2.05) is 0 Å². The van der Waals surface area contributed by atoms with Gasteiger partial charge in [-0.25, -0.2) is 8.78 Å². The summed E-state index contributed by atoms with van der Waals surface area (Å²) in [5, 5.41) is 0. The summed E-state index contributed by atoms with van der Waals surface area (Å²) >= 11 is 0. The highest BCUT2D eigenvalue weighted by Crippen LogP contribution is 1.89. The van der Waals surface area contributed by atoms with Crippen molar-refractivity contribution in [1.82, 2.24) is 0 Å². The maximum absolute atomic E-state index is 11.8. The van der Waals surface area contributed by atoms with Crippen LogP contribution in [0.5, 0.6) is 0 Å². The minimum absolute atomic E-state index is 0.0988. The molecule has 0 N–H and O–H groups in total. The van der Waals surface area contributed by atoms with E-state index < -0.39 is 13.2 Å². The first-order valence-corrected chi connectivity index (χ1v) is 2.66. The lowest BCUT2D eigenvalue weighted by atomic mass is 10.7. The van der Waals surface area contributed by atoms with Crippen molar-refractivity contribution < 1.29 is 18.3 Å². The smallest absolute Gasteiger partial charge is 0.195 e. The number of hydrogen-bond donors (Lipinski definition) is 0. The molecule has 2 nitrogen and oxygen atoms in total. The van der Waals surface area contributed by atoms with Gasteiger partial charge in [-0.1, -0.05) is 0 Å². The molecule has 0 aliphatic rings. The van der Waals surface area contributed by atoms with Crippen LogP contribution in [0, 0.1) is 0 Å². The van der Waals surface area contributed by atoms with E-state index in [4.69, 9.17) is 0 Å². The molecular formula is C5H10F2O2. The molecule has 0 amide bonds. The third-order valence-corrected chi connectivity index (χ3v) is 0.652. The van der Waals surface area contributed by atoms with E-state index in [1.165, 1.54) is 6.92 Å². The molecule has 1 unspecified atom stereocenters. The topological polar surface area (TPSA) is 18.5 Å². The summed E-state index contributed by atoms with van der Waals surface area (Å²) in [6, 6.07) is 0. The van der Waals surface area contributed by atoms with Gasteiger partial charge in [0, 0.05) is 0 Å². The Kier molecular flexibility index (Phi) is 5.76. The fourth-order valence-electron chi connectivity index (χ4n) is 0.324. The third kappa shape index (κ3) is 7.78. The highest BCUT2D eigenvalue weighted by Gasteiger charge is 1.94. The van der Waals surface area contributed by atoms with Crippen LogP contribution in [0.3, 0.4) is 0 Å². The summed E-state index contributed by atoms with van der Waals surface area (Å²) in [5.41, 5.74) is 0. The van der Waals surface area contributed by atoms with Crippen LogP contribution in [0.2, 0.25) is 0 Å². The van der Waals surface area contributed by atoms with Crippen molar-refractivity contribution in [3.63, 3.8) is 0 Å². The zero-order chi connectivity index (χ0) is 7.11. The number of ether oxygens (including phenoxy) is 2. The molecule has 56 valence electrons. The predicted molar refractivity (Wildman–Crippen MR) is 28.4 cm³/mol. The zero-order valence-electron chi connectivity index (χ0n) is 5.27. The summed E-state index contributed by atoms with van der Waals surface area (Å²) in [6.45, 7) is 0.617. The largest absolute Gasteiger partial charge is 0.348 e. The third-order valence-electron chi connectivity index (χ3n) is 0.652. The van der Waals surface area contributed by atoms with Gasteiger partial charge in [-0.3, -0.25) is 0 Å². The molecule has 0 saturated carbocycles. The first-order chi connectivity index (χ1) is 4.27. The molecule has 0 spiro atoms. The Morgan fingerprint density at radius 2 is 2.11 bits per heavy atom. The van der Waals surface area contributed by atoms with E-state index in [0.29, 0.717) is 0 Å². The van der Waals surface area contributed by atoms with Crippen LogP contribution in [0.1, 0.15) is 6.92 Å². The average Bonchev–Trinajstić information content (AvgIpc) is 1.80. The molecule has 0 aromatic carbocycles. The van der Waals surface area contributed by atoms with Crippen LogP contribution >= 0.6 is 0 Å². The van der Waals surface area contributed by atoms with Crippen molar-refractivity contribution in [1.29, 1.82) is 0 Å². The second-order valence-electron chi connectivity index (χ2n) is 1.43. The van der Waals surface area contributed by atoms with Gasteiger partial charge in [0.1, 0.15) is 0 Å². The van der Waals surface area contributed by atoms with Crippen LogP contribution in [0.25, 0.3) is 0 Å². The van der Waals surface area contributed by atoms with Crippen molar-refractivity contribution in [3.05, 3.63) is 0 Å². The molecular weight excluding hydrogens is 130 g/mol. The highest BCUT2D eigenvalue weighted by molar-refractivity contribution is 4.27. The van der Waals surface area contributed by atoms with E-state index in [1.54, 1.807) is 0 Å². The molecule has 0 aromatic rings. The number of halogens is 2. The van der Waals surface area contributed by atoms with E-state index in [2.05, 4.69) is 9.47 Å². The molecule has 4 heteroatoms. The molecule has 0 aliphatic heterocycles. The van der Waals surface area contributed by atoms with Gasteiger partial charge in [-0.2, -0.15) is 0 Å². The minimum Gasteiger partial charge on any atom is -0.348 e. The van der Waals surface area contributed by atoms with Gasteiger partial charge in [-0.15, -0.1) is 0 Å². The monoisotopic (exact) mass is 140 g/mol. The number of rotatable bonds is 5. The van der Waals surface area contributed by atoms with Gasteiger partial charge in [0.15, 0.2) is 13.2 Å². The molecule has 9 heavy (non-hydrogen) atoms. The average molecular weight is 140 g/mol. The predicted octanol–water partition coefficient (Wildman–Crippen LogP) is 1.26. The summed E-state index contributed by atoms with van der Waals surface area (Å²) in [6.07, 6.45) is -1.30. The fraction of sp³-hybridized carbons (Fsp3) is 1.00. The van der Waals surface area contributed by atoms with Gasteiger partial charge in [0.2, 0.25) is 0 Å². The first-order valence-electron chi connectivity index (χ1n) is 2.66. The Morgan fingerprint density at radius 3 is 2.56 bits per heavy atom. The van der Waals surface area contributed by atoms with Crippen LogP contribution in [0.15, 0.2) is 0 Å². The second kappa shape index (κ2) is 5.91. The van der Waals surface area contributed by atoms with Crippen LogP contribution in [-0.4, -0.2) is 26.4 Å². The van der Waals surface area contributed by atoms with Crippen molar-refractivity contribution >= 4 is 0 Å². The van der Waals surface area contributed by atoms with E-state index >= 15 is 0 Å². The fourth-order valence-corrected chi connectivity index (χ4v) is 0.324. The van der Waals surface area contributed by atoms with Gasteiger partial charge >= 0.3 is 0 Å². The van der Waals surface area contributed by atoms with Crippen LogP contribution in [-0.2, 0) is 9.47 Å². The quantitative estimate of drug-likeness (QED) is 0.535. The van der Waals surface area contributed by atoms with Crippen molar-refractivity contribution in [2.75, 3.05) is 20.1 Å². The lowest BCUT2D eigenvalue weighted by Gasteiger charge is -2.02. The van der Waals surface area contributed by atoms with Gasteiger partial charge in [0.05, 0.1) is 13.2 Å². The molecule has 0 rings (SSSR count). The second-order valence-corrected chi connectivity index (χ2v) is 1.43. The highest BCUT2D eigenvalue weighted by atomic mass is 19.1. The Hall–Kier alpha value is -0.220. The Morgan fingerprint density at radius 1 is 1.44 bits per heavy atom. The zero-order valence-corrected chi connectivity index (χ0v) is 5.27. The van der Waals surface area contributed by atoms with Gasteiger partial charge in [0.25, 0.3) is 0 Å². The van der Waals surface area contributed by atoms with E-state index in [0.717, 1.165) is 0 Å². The van der Waals surface area contributed by atoms with Crippen LogP contribution < -0.4 is 0 Å². The maximum atomic E-state index is 11.8. The van der Waals surface area contributed by atoms with Gasteiger partial charge in [-0.05, 0) is 6.92 Å². The molecule has 0 aromatic heterocycles. The minimum atomic E-state index is -1.30. The summed E-state index contributed by atoms with van der Waals surface area (Å²) < 4.78 is 31.5. The van der Waals surface area contributed by atoms with Gasteiger partial charge < -0.3 is 9.47 Å². The molecule has 0 heterocycles. The summed E-state index contributed by atoms with van der Waals surface area (Å²) in [5.74, 6) is 0. The molecule has 0 bridgehead atoms. The maximum Gasteiger partial charge on any atom is 0.195 e. The number of alkyl halides is 2. The SMILES string of the molecule is CC(F)OCCOCF. The molecule has 0 fully saturated rings. The number of hydrogen-bond acceptors (Lipinski definition) is 2. The Labute approximate surface area is 52.8 Å². The molecule has 0 saturated heterocycles. The molecule has 0 radical (unpaired) electrons. The van der Waals surface area contributed by atoms with Crippen molar-refractivity contribution in [3.8, 4) is 0 Å². The van der Waals surface area contributed by atoms with E-state index in [-0.39, 0.29) is 13.2 Å². The summed E-state index contributed by atoms with van der Waals surface area (Å²) in [7, 11) is 0. The first kappa shape index (κ1) is 8.78.